The maximum atomic E-state index is 13.8. The summed E-state index contributed by atoms with van der Waals surface area (Å²) in [6, 6.07) is 0.296. The second-order valence-electron chi connectivity index (χ2n) is 8.37. The molecule has 4 rings (SSSR count). The Balaban J connectivity index is 0.000000590. The molecule has 1 N–H and O–H groups in total. The molecule has 2 fully saturated rings. The van der Waals surface area contributed by atoms with Crippen molar-refractivity contribution >= 4 is 5.91 Å². The Hall–Kier alpha value is -1.47. The average molecular weight is 424 g/mol. The number of aromatic nitrogens is 2. The Morgan fingerprint density at radius 3 is 2.37 bits per heavy atom. The normalized spacial score (nSPS) is 21.1. The zero-order valence-corrected chi connectivity index (χ0v) is 19.5. The van der Waals surface area contributed by atoms with Gasteiger partial charge in [0.05, 0.1) is 11.9 Å². The number of amides is 1. The van der Waals surface area contributed by atoms with E-state index in [0.717, 1.165) is 44.9 Å². The lowest BCUT2D eigenvalue weighted by molar-refractivity contribution is -0.134. The summed E-state index contributed by atoms with van der Waals surface area (Å²) >= 11 is 0. The highest BCUT2D eigenvalue weighted by molar-refractivity contribution is 5.76. The number of piperidine rings is 2. The number of carbonyl (C=O) groups is 1. The molecule has 3 aliphatic heterocycles. The zero-order valence-electron chi connectivity index (χ0n) is 19.5. The highest BCUT2D eigenvalue weighted by Crippen LogP contribution is 2.23. The van der Waals surface area contributed by atoms with Gasteiger partial charge in [0.15, 0.2) is 5.82 Å². The molecule has 2 saturated heterocycles. The summed E-state index contributed by atoms with van der Waals surface area (Å²) in [5.41, 5.74) is 0.569. The van der Waals surface area contributed by atoms with Gasteiger partial charge in [-0.15, -0.1) is 0 Å². The lowest BCUT2D eigenvalue weighted by atomic mass is 9.95. The molecule has 0 unspecified atom stereocenters. The Bertz CT molecular complexity index is 621. The molecule has 6 nitrogen and oxygen atoms in total. The third kappa shape index (κ3) is 6.77. The van der Waals surface area contributed by atoms with Crippen molar-refractivity contribution in [2.45, 2.75) is 78.8 Å². The fourth-order valence-corrected chi connectivity index (χ4v) is 4.57. The zero-order chi connectivity index (χ0) is 21.9. The maximum Gasteiger partial charge on any atom is 0.244 e. The Morgan fingerprint density at radius 2 is 1.73 bits per heavy atom. The maximum absolute atomic E-state index is 13.8. The summed E-state index contributed by atoms with van der Waals surface area (Å²) < 4.78 is 15.3. The van der Waals surface area contributed by atoms with Crippen LogP contribution < -0.4 is 5.32 Å². The summed E-state index contributed by atoms with van der Waals surface area (Å²) in [6.07, 6.45) is 7.65. The highest BCUT2D eigenvalue weighted by atomic mass is 19.1. The summed E-state index contributed by atoms with van der Waals surface area (Å²) in [4.78, 5) is 17.2. The van der Waals surface area contributed by atoms with Gasteiger partial charge in [-0.2, -0.15) is 5.10 Å². The van der Waals surface area contributed by atoms with Crippen molar-refractivity contribution in [2.75, 3.05) is 39.3 Å². The highest BCUT2D eigenvalue weighted by Gasteiger charge is 2.31. The van der Waals surface area contributed by atoms with Crippen LogP contribution in [0, 0.1) is 11.7 Å². The van der Waals surface area contributed by atoms with Crippen molar-refractivity contribution in [1.82, 2.24) is 24.9 Å². The summed E-state index contributed by atoms with van der Waals surface area (Å²) in [5.74, 6) is 0.614. The van der Waals surface area contributed by atoms with Crippen molar-refractivity contribution in [1.29, 1.82) is 0 Å². The Labute approximate surface area is 182 Å². The number of nitrogens with one attached hydrogen (secondary N) is 1. The molecule has 0 spiro atoms. The van der Waals surface area contributed by atoms with Crippen LogP contribution in [0.4, 0.5) is 4.39 Å². The van der Waals surface area contributed by atoms with E-state index in [4.69, 9.17) is 0 Å². The van der Waals surface area contributed by atoms with Gasteiger partial charge in [-0.25, -0.2) is 4.39 Å². The van der Waals surface area contributed by atoms with E-state index in [0.29, 0.717) is 24.7 Å². The number of rotatable bonds is 3. The van der Waals surface area contributed by atoms with E-state index >= 15 is 0 Å². The second-order valence-corrected chi connectivity index (χ2v) is 8.37. The molecular weight excluding hydrogens is 381 g/mol. The van der Waals surface area contributed by atoms with Gasteiger partial charge in [-0.1, -0.05) is 34.1 Å². The third-order valence-corrected chi connectivity index (χ3v) is 6.07. The number of nitrogens with zero attached hydrogens (tertiary/aromatic N) is 4. The monoisotopic (exact) mass is 423 g/mol. The molecule has 0 aliphatic carbocycles. The van der Waals surface area contributed by atoms with Gasteiger partial charge in [0, 0.05) is 38.6 Å². The molecule has 1 aromatic heterocycles. The van der Waals surface area contributed by atoms with Crippen LogP contribution >= 0.6 is 0 Å². The molecule has 1 aromatic rings. The van der Waals surface area contributed by atoms with Crippen molar-refractivity contribution in [3.63, 3.8) is 0 Å². The van der Waals surface area contributed by atoms with E-state index in [-0.39, 0.29) is 18.3 Å². The molecular formula is C23H42FN5O. The molecule has 1 amide bonds. The molecule has 0 saturated carbocycles. The fourth-order valence-electron chi connectivity index (χ4n) is 4.57. The minimum absolute atomic E-state index is 0.0821. The van der Waals surface area contributed by atoms with Gasteiger partial charge in [0.2, 0.25) is 5.91 Å². The van der Waals surface area contributed by atoms with E-state index < -0.39 is 0 Å². The van der Waals surface area contributed by atoms with Crippen molar-refractivity contribution < 1.29 is 9.18 Å². The fraction of sp³-hybridized carbons (Fsp3) is 0.826. The number of hydrogen-bond acceptors (Lipinski definition) is 4. The Kier molecular flexibility index (Phi) is 10.8. The van der Waals surface area contributed by atoms with Gasteiger partial charge in [-0.3, -0.25) is 9.48 Å². The topological polar surface area (TPSA) is 53.4 Å². The largest absolute Gasteiger partial charge is 0.338 e. The number of likely N-dealkylation sites (tertiary alicyclic amines) is 1. The van der Waals surface area contributed by atoms with Gasteiger partial charge < -0.3 is 15.1 Å². The van der Waals surface area contributed by atoms with E-state index in [1.807, 2.05) is 18.7 Å². The lowest BCUT2D eigenvalue weighted by Gasteiger charge is -2.39. The van der Waals surface area contributed by atoms with Crippen molar-refractivity contribution in [3.8, 4) is 0 Å². The van der Waals surface area contributed by atoms with Crippen molar-refractivity contribution in [2.24, 2.45) is 5.92 Å². The van der Waals surface area contributed by atoms with E-state index in [1.54, 1.807) is 0 Å². The van der Waals surface area contributed by atoms with Crippen LogP contribution in [0.5, 0.6) is 0 Å². The van der Waals surface area contributed by atoms with Crippen LogP contribution in [-0.4, -0.2) is 70.8 Å². The number of hydrogen-bond donors (Lipinski definition) is 1. The standard InChI is InChI=1S/C18H28FN5O.C3H8.C2H6/c19-16-11-21-24-13-18(25)23(10-5-17(16)24)15-3-8-22(9-4-15)12-14-1-6-20-7-2-14;1-3-2;1-2/h11,14-15,20H,1-10,12-13H2;3H2,1-2H3;1-2H3. The molecule has 30 heavy (non-hydrogen) atoms. The predicted molar refractivity (Wildman–Crippen MR) is 120 cm³/mol. The molecule has 4 heterocycles. The molecule has 0 aromatic carbocycles. The van der Waals surface area contributed by atoms with Gasteiger partial charge in [-0.05, 0) is 44.7 Å². The van der Waals surface area contributed by atoms with E-state index in [2.05, 4.69) is 29.2 Å². The number of carbonyl (C=O) groups excluding carboxylic acids is 1. The van der Waals surface area contributed by atoms with Crippen LogP contribution in [-0.2, 0) is 17.8 Å². The average Bonchev–Trinajstić information content (AvgIpc) is 3.01. The van der Waals surface area contributed by atoms with Crippen molar-refractivity contribution in [3.05, 3.63) is 17.7 Å². The first-order valence-electron chi connectivity index (χ1n) is 12.0. The predicted octanol–water partition coefficient (Wildman–Crippen LogP) is 3.31. The first kappa shape index (κ1) is 24.8. The molecule has 3 aliphatic rings. The van der Waals surface area contributed by atoms with Gasteiger partial charge in [0.25, 0.3) is 0 Å². The summed E-state index contributed by atoms with van der Waals surface area (Å²) in [7, 11) is 0. The minimum Gasteiger partial charge on any atom is -0.338 e. The molecule has 0 radical (unpaired) electrons. The quantitative estimate of drug-likeness (QED) is 0.810. The first-order valence-corrected chi connectivity index (χ1v) is 12.0. The third-order valence-electron chi connectivity index (χ3n) is 6.07. The molecule has 0 bridgehead atoms. The lowest BCUT2D eigenvalue weighted by Crippen LogP contribution is -2.49. The SMILES string of the molecule is CC.CCC.O=C1Cn2ncc(F)c2CCN1C1CCN(CC2CCNCC2)CC1. The summed E-state index contributed by atoms with van der Waals surface area (Å²) in [5, 5.41) is 7.43. The van der Waals surface area contributed by atoms with Crippen LogP contribution in [0.2, 0.25) is 0 Å². The van der Waals surface area contributed by atoms with Gasteiger partial charge in [0.1, 0.15) is 6.54 Å². The second kappa shape index (κ2) is 13.1. The van der Waals surface area contributed by atoms with Crippen LogP contribution in [0.1, 0.15) is 65.5 Å². The Morgan fingerprint density at radius 1 is 1.10 bits per heavy atom. The molecule has 7 heteroatoms. The molecule has 0 atom stereocenters. The van der Waals surface area contributed by atoms with Gasteiger partial charge >= 0.3 is 0 Å². The summed E-state index contributed by atoms with van der Waals surface area (Å²) in [6.45, 7) is 14.7. The van der Waals surface area contributed by atoms with Crippen LogP contribution in [0.25, 0.3) is 0 Å². The van der Waals surface area contributed by atoms with Crippen LogP contribution in [0.15, 0.2) is 6.20 Å². The number of halogens is 1. The first-order chi connectivity index (χ1) is 14.6. The number of fused-ring (bicyclic) bond motifs is 1. The smallest absolute Gasteiger partial charge is 0.244 e. The van der Waals surface area contributed by atoms with Crippen LogP contribution in [0.3, 0.4) is 0 Å². The minimum atomic E-state index is -0.286. The van der Waals surface area contributed by atoms with E-state index in [9.17, 15) is 9.18 Å². The van der Waals surface area contributed by atoms with E-state index in [1.165, 1.54) is 36.7 Å². The molecule has 172 valence electrons.